The topological polar surface area (TPSA) is 335 Å². The fourth-order valence-corrected chi connectivity index (χ4v) is 16.5. The zero-order valence-electron chi connectivity index (χ0n) is 80.2. The number of Topliss-reactive ketones (excluding diaryl/α,β-unsaturated/α-hetero) is 10. The zero-order valence-corrected chi connectivity index (χ0v) is 80.2. The highest BCUT2D eigenvalue weighted by Gasteiger charge is 2.39. The van der Waals surface area contributed by atoms with Crippen LogP contribution >= 0.6 is 0 Å². The van der Waals surface area contributed by atoms with E-state index in [9.17, 15) is 76.7 Å². The molecule has 0 spiro atoms. The van der Waals surface area contributed by atoms with Gasteiger partial charge in [-0.25, -0.2) is 0 Å². The smallest absolute Gasteiger partial charge is 0.256 e. The summed E-state index contributed by atoms with van der Waals surface area (Å²) < 4.78 is 26.4. The Morgan fingerprint density at radius 1 is 0.326 bits per heavy atom. The average Bonchev–Trinajstić information content (AvgIpc) is 0.790. The molecule has 0 N–H and O–H groups in total. The minimum atomic E-state index is -0.384. The fourth-order valence-electron chi connectivity index (χ4n) is 16.5. The number of unbranched alkanes of at least 4 members (excludes halogenated alkanes) is 5. The fraction of sp³-hybridized carbons (Fsp3) is 0.394. The minimum Gasteiger partial charge on any atom is -0.492 e. The van der Waals surface area contributed by atoms with E-state index in [2.05, 4.69) is 13.8 Å². The van der Waals surface area contributed by atoms with Gasteiger partial charge in [-0.05, 0) is 135 Å². The number of hydrogen-bond acceptors (Lipinski definition) is 21. The number of imide groups is 1. The molecule has 5 aromatic rings. The van der Waals surface area contributed by atoms with Crippen LogP contribution in [0.3, 0.4) is 0 Å². The highest BCUT2D eigenvalue weighted by molar-refractivity contribution is 6.32. The molecule has 6 amide bonds. The first kappa shape index (κ1) is 105. The molecule has 3 aliphatic heterocycles. The lowest BCUT2D eigenvalue weighted by molar-refractivity contribution is -0.144. The van der Waals surface area contributed by atoms with Crippen molar-refractivity contribution in [1.82, 2.24) is 24.5 Å². The van der Waals surface area contributed by atoms with Crippen LogP contribution in [0.25, 0.3) is 0 Å². The van der Waals surface area contributed by atoms with E-state index < -0.39 is 0 Å². The number of likely N-dealkylation sites (N-methyl/N-ethyl adjacent to an activating group) is 2. The first-order valence-electron chi connectivity index (χ1n) is 46.8. The number of benzene rings is 5. The van der Waals surface area contributed by atoms with Crippen LogP contribution in [0.15, 0.2) is 236 Å². The van der Waals surface area contributed by atoms with Gasteiger partial charge < -0.3 is 43.3 Å². The maximum Gasteiger partial charge on any atom is 0.256 e. The molecule has 8 aliphatic rings. The van der Waals surface area contributed by atoms with Crippen LogP contribution in [0.4, 0.5) is 0 Å². The SMILES string of the molecule is CCCC/C(=C/C1=C(C)C(=O)c2ccccc2C1=O)C(=O)N1CCOCC1.CCCC/C(=C\C1=C(OC)C(=O)c2ccccc2C1=O)C(=O)N1CCOCC1.CCCCC(=CC1=C(C)C(=O)c2ccccc2C1=O)C(=O)N(CC)CC.CCCCC(=CC1=C(OC)C(=O)c2ccccc2C1=O)C(=O)N(C)C.CCCCC(=CC1=C(OC)C(=O)c2ccccc2C1=O)C(=O)N1CCCCC1=O. The van der Waals surface area contributed by atoms with Gasteiger partial charge in [0.2, 0.25) is 46.9 Å². The molecule has 5 aromatic carbocycles. The quantitative estimate of drug-likeness (QED) is 0.0385. The second-order valence-electron chi connectivity index (χ2n) is 33.6. The summed E-state index contributed by atoms with van der Waals surface area (Å²) in [5, 5.41) is 0. The second kappa shape index (κ2) is 51.1. The molecule has 0 aromatic heterocycles. The summed E-state index contributed by atoms with van der Waals surface area (Å²) in [6.45, 7) is 23.2. The van der Waals surface area contributed by atoms with Gasteiger partial charge in [0.15, 0.2) is 57.8 Å². The van der Waals surface area contributed by atoms with Gasteiger partial charge >= 0.3 is 0 Å². The van der Waals surface area contributed by atoms with Gasteiger partial charge in [-0.15, -0.1) is 0 Å². The largest absolute Gasteiger partial charge is 0.492 e. The predicted molar refractivity (Wildman–Crippen MR) is 513 cm³/mol. The summed E-state index contributed by atoms with van der Waals surface area (Å²) in [6, 6.07) is 33.6. The molecular weight excluding hydrogens is 1720 g/mol. The van der Waals surface area contributed by atoms with Crippen molar-refractivity contribution >= 4 is 93.3 Å². The van der Waals surface area contributed by atoms with Crippen LogP contribution in [0.5, 0.6) is 0 Å². The lowest BCUT2D eigenvalue weighted by atomic mass is 9.83. The number of fused-ring (bicyclic) bond motifs is 5. The molecular formula is C109H125N5O21. The Morgan fingerprint density at radius 3 is 0.859 bits per heavy atom. The van der Waals surface area contributed by atoms with Crippen molar-refractivity contribution in [3.05, 3.63) is 291 Å². The third-order valence-corrected chi connectivity index (χ3v) is 24.3. The number of piperidine rings is 1. The number of ketones is 10. The molecule has 712 valence electrons. The summed E-state index contributed by atoms with van der Waals surface area (Å²) in [7, 11) is 7.40. The molecule has 0 saturated carbocycles. The molecule has 135 heavy (non-hydrogen) atoms. The summed E-state index contributed by atoms with van der Waals surface area (Å²) in [4.78, 5) is 213. The second-order valence-corrected chi connectivity index (χ2v) is 33.6. The highest BCUT2D eigenvalue weighted by atomic mass is 16.5. The van der Waals surface area contributed by atoms with Crippen molar-refractivity contribution in [2.24, 2.45) is 0 Å². The number of likely N-dealkylation sites (tertiary alicyclic amines) is 1. The van der Waals surface area contributed by atoms with Crippen LogP contribution in [-0.2, 0) is 52.5 Å². The molecule has 26 nitrogen and oxygen atoms in total. The number of morpholine rings is 2. The molecule has 5 aliphatic carbocycles. The van der Waals surface area contributed by atoms with E-state index in [0.717, 1.165) is 77.0 Å². The number of methoxy groups -OCH3 is 3. The van der Waals surface area contributed by atoms with E-state index in [-0.39, 0.29) is 127 Å². The van der Waals surface area contributed by atoms with Crippen LogP contribution in [0, 0.1) is 0 Å². The van der Waals surface area contributed by atoms with E-state index in [4.69, 9.17) is 23.7 Å². The van der Waals surface area contributed by atoms with Gasteiger partial charge in [-0.3, -0.25) is 81.6 Å². The van der Waals surface area contributed by atoms with Crippen LogP contribution in [0.1, 0.15) is 281 Å². The van der Waals surface area contributed by atoms with Gasteiger partial charge in [0, 0.05) is 172 Å². The number of ether oxygens (including phenoxy) is 5. The van der Waals surface area contributed by atoms with Gasteiger partial charge in [0.25, 0.3) is 5.91 Å². The molecule has 0 bridgehead atoms. The number of rotatable bonds is 30. The van der Waals surface area contributed by atoms with E-state index in [0.29, 0.717) is 217 Å². The third-order valence-electron chi connectivity index (χ3n) is 24.3. The molecule has 0 atom stereocenters. The standard InChI is InChI=1S/C23H25NO5.C22H25NO5.C22H25NO4.C22H27NO3.C20H23NO4/c1-3-4-9-15(23(28)24-13-8-7-12-19(24)25)14-18-20(26)16-10-5-6-11-17(16)21(27)22(18)29-2;1-3-4-7-15(22(26)23-10-12-28-13-11-23)14-18-19(24)16-8-5-6-9-17(16)20(25)21(18)27-2;1-3-4-7-16(22(26)23-10-12-27-13-11-23)14-19-15(2)20(24)17-8-5-6-9-18(17)21(19)25;1-5-8-11-16(22(26)23(6-2)7-3)14-19-15(4)20(24)17-12-9-10-13-18(17)21(19)25;1-5-6-9-13(20(24)21(2)3)12-16-17(22)14-10-7-8-11-15(14)18(23)19(16)25-4/h5-6,10-11,14H,3-4,7-9,12-13H2,1-2H3;5-6,8-9,14H,3-4,7,10-13H2,1-2H3;5-6,8-9,14H,3-4,7,10-13H2,1-2H3;9-10,12-14H,5-8,11H2,1-4H3;7-8,10-12H,5-6,9H2,1-4H3/b;15-14+;16-14-;;. The normalized spacial score (nSPS) is 16.5. The van der Waals surface area contributed by atoms with Crippen molar-refractivity contribution < 1.29 is 100 Å². The van der Waals surface area contributed by atoms with Gasteiger partial charge in [-0.1, -0.05) is 188 Å². The van der Waals surface area contributed by atoms with Gasteiger partial charge in [0.05, 0.1) is 64.5 Å². The van der Waals surface area contributed by atoms with Crippen LogP contribution in [-0.4, -0.2) is 225 Å². The van der Waals surface area contributed by atoms with Crippen molar-refractivity contribution in [1.29, 1.82) is 0 Å². The van der Waals surface area contributed by atoms with Crippen molar-refractivity contribution in [3.63, 3.8) is 0 Å². The Balaban J connectivity index is 0.000000190. The number of nitrogens with zero attached hydrogens (tertiary/aromatic N) is 5. The summed E-state index contributed by atoms with van der Waals surface area (Å²) in [5.41, 5.74) is 8.07. The molecule has 0 unspecified atom stereocenters. The van der Waals surface area contributed by atoms with E-state index in [1.807, 2.05) is 34.6 Å². The van der Waals surface area contributed by atoms with Gasteiger partial charge in [-0.2, -0.15) is 0 Å². The number of amides is 6. The monoisotopic (exact) mass is 1840 g/mol. The summed E-state index contributed by atoms with van der Waals surface area (Å²) >= 11 is 0. The average molecular weight is 1840 g/mol. The van der Waals surface area contributed by atoms with Gasteiger partial charge in [0.1, 0.15) is 0 Å². The van der Waals surface area contributed by atoms with Crippen molar-refractivity contribution in [2.45, 2.75) is 178 Å². The van der Waals surface area contributed by atoms with E-state index in [1.54, 1.807) is 182 Å². The number of carbonyl (C=O) groups excluding carboxylic acids is 16. The summed E-state index contributed by atoms with van der Waals surface area (Å²) in [5.74, 6) is -3.73. The van der Waals surface area contributed by atoms with Crippen molar-refractivity contribution in [2.75, 3.05) is 108 Å². The Morgan fingerprint density at radius 2 is 0.578 bits per heavy atom. The number of allylic oxidation sites excluding steroid dienone is 15. The van der Waals surface area contributed by atoms with Crippen molar-refractivity contribution in [3.8, 4) is 0 Å². The zero-order chi connectivity index (χ0) is 98.3. The minimum absolute atomic E-state index is 0.00697. The first-order chi connectivity index (χ1) is 65.0. The number of carbonyl (C=O) groups is 16. The molecule has 3 fully saturated rings. The highest BCUT2D eigenvalue weighted by Crippen LogP contribution is 2.36. The Bertz CT molecular complexity index is 5770. The maximum atomic E-state index is 13.1. The van der Waals surface area contributed by atoms with E-state index in [1.165, 1.54) is 43.3 Å². The molecule has 0 radical (unpaired) electrons. The maximum absolute atomic E-state index is 13.1. The Kier molecular flexibility index (Phi) is 39.9. The lowest BCUT2D eigenvalue weighted by Gasteiger charge is -2.28. The Hall–Kier alpha value is -13.5. The first-order valence-corrected chi connectivity index (χ1v) is 46.8. The Labute approximate surface area is 791 Å². The number of hydrogen-bond donors (Lipinski definition) is 0. The molecule has 3 heterocycles. The van der Waals surface area contributed by atoms with Crippen LogP contribution in [0.2, 0.25) is 0 Å². The van der Waals surface area contributed by atoms with Crippen LogP contribution < -0.4 is 0 Å². The predicted octanol–water partition coefficient (Wildman–Crippen LogP) is 17.5. The third kappa shape index (κ3) is 25.3. The molecule has 3 saturated heterocycles. The lowest BCUT2D eigenvalue weighted by Crippen LogP contribution is -2.41. The molecule has 13 rings (SSSR count). The molecule has 26 heteroatoms. The van der Waals surface area contributed by atoms with E-state index >= 15 is 0 Å². The summed E-state index contributed by atoms with van der Waals surface area (Å²) in [6.07, 6.45) is 21.1.